The van der Waals surface area contributed by atoms with Gasteiger partial charge in [-0.3, -0.25) is 4.98 Å². The molecule has 1 aromatic heterocycles. The van der Waals surface area contributed by atoms with Crippen LogP contribution in [-0.2, 0) is 0 Å². The molecule has 0 unspecified atom stereocenters. The fourth-order valence-corrected chi connectivity index (χ4v) is 2.92. The van der Waals surface area contributed by atoms with Crippen LogP contribution in [0.2, 0.25) is 0 Å². The third kappa shape index (κ3) is 13.5. The van der Waals surface area contributed by atoms with E-state index in [1.165, 1.54) is 22.3 Å². The third-order valence-electron chi connectivity index (χ3n) is 4.79. The van der Waals surface area contributed by atoms with E-state index in [-0.39, 0.29) is 6.03 Å². The van der Waals surface area contributed by atoms with Crippen LogP contribution in [0.4, 0.5) is 10.5 Å². The van der Waals surface area contributed by atoms with Crippen molar-refractivity contribution in [1.82, 2.24) is 10.3 Å². The van der Waals surface area contributed by atoms with E-state index in [4.69, 9.17) is 0 Å². The summed E-state index contributed by atoms with van der Waals surface area (Å²) in [6, 6.07) is 3.38. The second kappa shape index (κ2) is 15.3. The first-order valence-corrected chi connectivity index (χ1v) is 10.9. The predicted octanol–water partition coefficient (Wildman–Crippen LogP) is 7.35. The van der Waals surface area contributed by atoms with Gasteiger partial charge in [0.1, 0.15) is 0 Å². The number of nitrogens with one attached hydrogen (secondary N) is 2. The number of amides is 2. The minimum absolute atomic E-state index is 0.216. The predicted molar refractivity (Wildman–Crippen MR) is 130 cm³/mol. The van der Waals surface area contributed by atoms with E-state index >= 15 is 0 Å². The van der Waals surface area contributed by atoms with Gasteiger partial charge in [-0.1, -0.05) is 46.6 Å². The summed E-state index contributed by atoms with van der Waals surface area (Å²) in [5.41, 5.74) is 6.31. The Kier molecular flexibility index (Phi) is 12.9. The van der Waals surface area contributed by atoms with Crippen molar-refractivity contribution < 1.29 is 4.79 Å². The van der Waals surface area contributed by atoms with Gasteiger partial charge >= 0.3 is 6.03 Å². The van der Waals surface area contributed by atoms with E-state index in [0.717, 1.165) is 38.5 Å². The first-order chi connectivity index (χ1) is 14.4. The molecule has 0 aliphatic heterocycles. The molecule has 1 heterocycles. The number of carbonyl (C=O) groups excluding carboxylic acids is 1. The number of hydrogen-bond donors (Lipinski definition) is 2. The Labute approximate surface area is 183 Å². The Morgan fingerprint density at radius 1 is 0.867 bits per heavy atom. The molecule has 0 spiro atoms. The van der Waals surface area contributed by atoms with Gasteiger partial charge in [-0.2, -0.15) is 0 Å². The zero-order valence-corrected chi connectivity index (χ0v) is 19.4. The van der Waals surface area contributed by atoms with Crippen LogP contribution < -0.4 is 10.6 Å². The number of aromatic nitrogens is 1. The van der Waals surface area contributed by atoms with E-state index < -0.39 is 0 Å². The molecule has 0 fully saturated rings. The summed E-state index contributed by atoms with van der Waals surface area (Å²) in [7, 11) is 0. The maximum absolute atomic E-state index is 11.8. The van der Waals surface area contributed by atoms with Crippen molar-refractivity contribution in [1.29, 1.82) is 0 Å². The van der Waals surface area contributed by atoms with Gasteiger partial charge in [-0.25, -0.2) is 4.79 Å². The van der Waals surface area contributed by atoms with E-state index in [9.17, 15) is 4.79 Å². The normalized spacial score (nSPS) is 12.5. The van der Waals surface area contributed by atoms with Crippen molar-refractivity contribution in [2.24, 2.45) is 0 Å². The average molecular weight is 410 g/mol. The number of hydrogen-bond acceptors (Lipinski definition) is 2. The van der Waals surface area contributed by atoms with Gasteiger partial charge in [0.15, 0.2) is 0 Å². The zero-order chi connectivity index (χ0) is 22.2. The van der Waals surface area contributed by atoms with Gasteiger partial charge in [-0.15, -0.1) is 0 Å². The summed E-state index contributed by atoms with van der Waals surface area (Å²) in [6.07, 6.45) is 19.0. The maximum Gasteiger partial charge on any atom is 0.319 e. The number of urea groups is 1. The summed E-state index contributed by atoms with van der Waals surface area (Å²) >= 11 is 0. The van der Waals surface area contributed by atoms with Crippen molar-refractivity contribution in [3.8, 4) is 0 Å². The summed E-state index contributed by atoms with van der Waals surface area (Å²) < 4.78 is 0. The largest absolute Gasteiger partial charge is 0.334 e. The van der Waals surface area contributed by atoms with Crippen molar-refractivity contribution in [3.05, 3.63) is 71.1 Å². The van der Waals surface area contributed by atoms with Gasteiger partial charge in [-0.05, 0) is 85.3 Å². The fraction of sp³-hybridized carbons (Fsp3) is 0.462. The third-order valence-corrected chi connectivity index (χ3v) is 4.79. The van der Waals surface area contributed by atoms with Crippen molar-refractivity contribution in [2.75, 3.05) is 11.9 Å². The summed E-state index contributed by atoms with van der Waals surface area (Å²) in [4.78, 5) is 15.8. The average Bonchev–Trinajstić information content (AvgIpc) is 2.68. The van der Waals surface area contributed by atoms with Crippen molar-refractivity contribution >= 4 is 11.7 Å². The molecule has 164 valence electrons. The van der Waals surface area contributed by atoms with Crippen molar-refractivity contribution in [2.45, 2.75) is 73.1 Å². The smallest absolute Gasteiger partial charge is 0.319 e. The Bertz CT molecular complexity index is 754. The van der Waals surface area contributed by atoms with Gasteiger partial charge < -0.3 is 10.6 Å². The molecule has 0 aromatic carbocycles. The summed E-state index contributed by atoms with van der Waals surface area (Å²) in [6.45, 7) is 11.4. The summed E-state index contributed by atoms with van der Waals surface area (Å²) in [5.74, 6) is 0. The lowest BCUT2D eigenvalue weighted by Gasteiger charge is -2.06. The minimum atomic E-state index is -0.216. The Hall–Kier alpha value is -2.62. The van der Waals surface area contributed by atoms with E-state index in [0.29, 0.717) is 12.2 Å². The molecule has 4 heteroatoms. The van der Waals surface area contributed by atoms with Gasteiger partial charge in [0, 0.05) is 12.7 Å². The molecule has 1 aromatic rings. The van der Waals surface area contributed by atoms with E-state index in [1.807, 2.05) is 6.07 Å². The lowest BCUT2D eigenvalue weighted by Crippen LogP contribution is -2.28. The van der Waals surface area contributed by atoms with Crippen LogP contribution in [0.25, 0.3) is 0 Å². The van der Waals surface area contributed by atoms with Crippen molar-refractivity contribution in [3.63, 3.8) is 0 Å². The van der Waals surface area contributed by atoms with Crippen LogP contribution >= 0.6 is 0 Å². The highest BCUT2D eigenvalue weighted by Crippen LogP contribution is 2.13. The molecule has 1 rings (SSSR count). The lowest BCUT2D eigenvalue weighted by atomic mass is 10.0. The van der Waals surface area contributed by atoms with Crippen LogP contribution in [0.5, 0.6) is 0 Å². The Morgan fingerprint density at radius 3 is 1.97 bits per heavy atom. The highest BCUT2D eigenvalue weighted by molar-refractivity contribution is 5.89. The molecule has 0 bridgehead atoms. The molecule has 0 aliphatic carbocycles. The molecule has 0 radical (unpaired) electrons. The number of anilines is 1. The molecular formula is C26H39N3O. The van der Waals surface area contributed by atoms with Gasteiger partial charge in [0.05, 0.1) is 11.9 Å². The summed E-state index contributed by atoms with van der Waals surface area (Å²) in [5, 5.41) is 5.60. The number of nitrogens with zero attached hydrogens (tertiary/aromatic N) is 1. The first-order valence-electron chi connectivity index (χ1n) is 10.9. The molecule has 4 nitrogen and oxygen atoms in total. The topological polar surface area (TPSA) is 54.0 Å². The second-order valence-corrected chi connectivity index (χ2v) is 8.13. The Morgan fingerprint density at radius 2 is 1.43 bits per heavy atom. The lowest BCUT2D eigenvalue weighted by molar-refractivity contribution is 0.253. The number of pyridine rings is 1. The highest BCUT2D eigenvalue weighted by atomic mass is 16.2. The molecule has 2 amide bonds. The number of carbonyl (C=O) groups is 1. The molecule has 2 N–H and O–H groups in total. The van der Waals surface area contributed by atoms with Gasteiger partial charge in [0.25, 0.3) is 0 Å². The SMILES string of the molecule is CC(C)=CCCC(C)=CCCC(C)=CCCC(C)=CCNC(=O)Nc1cccnc1. The number of rotatable bonds is 12. The molecule has 0 saturated carbocycles. The monoisotopic (exact) mass is 409 g/mol. The van der Waals surface area contributed by atoms with Crippen LogP contribution in [0.15, 0.2) is 71.1 Å². The number of allylic oxidation sites excluding steroid dienone is 7. The van der Waals surface area contributed by atoms with Crippen LogP contribution in [0, 0.1) is 0 Å². The second-order valence-electron chi connectivity index (χ2n) is 8.13. The maximum atomic E-state index is 11.8. The quantitative estimate of drug-likeness (QED) is 0.355. The van der Waals surface area contributed by atoms with Crippen LogP contribution in [-0.4, -0.2) is 17.6 Å². The highest BCUT2D eigenvalue weighted by Gasteiger charge is 1.99. The molecule has 0 saturated heterocycles. The molecular weight excluding hydrogens is 370 g/mol. The van der Waals surface area contributed by atoms with E-state index in [1.54, 1.807) is 18.5 Å². The van der Waals surface area contributed by atoms with Crippen LogP contribution in [0.3, 0.4) is 0 Å². The molecule has 0 aliphatic rings. The van der Waals surface area contributed by atoms with Gasteiger partial charge in [0.2, 0.25) is 0 Å². The molecule has 0 atom stereocenters. The fourth-order valence-electron chi connectivity index (χ4n) is 2.92. The molecule has 30 heavy (non-hydrogen) atoms. The Balaban J connectivity index is 2.21. The minimum Gasteiger partial charge on any atom is -0.334 e. The first kappa shape index (κ1) is 25.4. The van der Waals surface area contributed by atoms with Crippen LogP contribution in [0.1, 0.15) is 73.1 Å². The zero-order valence-electron chi connectivity index (χ0n) is 19.4. The standard InChI is InChI=1S/C26H39N3O/c1-21(2)10-6-11-22(3)12-7-13-23(4)14-8-15-24(5)17-19-28-26(30)29-25-16-9-18-27-20-25/h9-10,12,14,16-18,20H,6-8,11,13,15,19H2,1-5H3,(H2,28,29,30). The van der Waals surface area contributed by atoms with E-state index in [2.05, 4.69) is 74.5 Å².